The molecule has 0 bridgehead atoms. The van der Waals surface area contributed by atoms with Gasteiger partial charge in [0.2, 0.25) is 5.91 Å². The zero-order chi connectivity index (χ0) is 13.8. The van der Waals surface area contributed by atoms with Gasteiger partial charge in [0, 0.05) is 18.3 Å². The van der Waals surface area contributed by atoms with Gasteiger partial charge in [-0.1, -0.05) is 25.1 Å². The molecule has 1 aromatic carbocycles. The summed E-state index contributed by atoms with van der Waals surface area (Å²) in [6, 6.07) is 9.86. The number of amides is 1. The average Bonchev–Trinajstić information content (AvgIpc) is 2.42. The second-order valence-electron chi connectivity index (χ2n) is 4.91. The van der Waals surface area contributed by atoms with Gasteiger partial charge in [0.25, 0.3) is 0 Å². The summed E-state index contributed by atoms with van der Waals surface area (Å²) in [4.78, 5) is 14.3. The Kier molecular flexibility index (Phi) is 4.18. The van der Waals surface area contributed by atoms with E-state index in [4.69, 9.17) is 5.26 Å². The summed E-state index contributed by atoms with van der Waals surface area (Å²) in [5, 5.41) is 12.0. The van der Waals surface area contributed by atoms with Crippen LogP contribution in [0.4, 0.5) is 5.69 Å². The van der Waals surface area contributed by atoms with Crippen LogP contribution in [0.5, 0.6) is 0 Å². The van der Waals surface area contributed by atoms with E-state index in [0.29, 0.717) is 6.54 Å². The van der Waals surface area contributed by atoms with Crippen LogP contribution in [0.25, 0.3) is 0 Å². The van der Waals surface area contributed by atoms with E-state index in [0.717, 1.165) is 12.1 Å². The molecule has 0 saturated carbocycles. The van der Waals surface area contributed by atoms with Crippen LogP contribution in [0.15, 0.2) is 24.3 Å². The number of para-hydroxylation sites is 1. The second kappa shape index (κ2) is 5.85. The number of nitrogens with zero attached hydrogens (tertiary/aromatic N) is 2. The molecular weight excluding hydrogens is 238 g/mol. The summed E-state index contributed by atoms with van der Waals surface area (Å²) in [5.41, 5.74) is 2.15. The zero-order valence-electron chi connectivity index (χ0n) is 11.4. The van der Waals surface area contributed by atoms with Gasteiger partial charge in [-0.25, -0.2) is 0 Å². The molecule has 100 valence electrons. The van der Waals surface area contributed by atoms with Crippen molar-refractivity contribution in [2.45, 2.75) is 38.8 Å². The standard InChI is InChI=1S/C15H19N3O/c1-3-12-6-4-5-7-14(12)18-10-11(2)17-13(8-9-16)15(18)19/h4-7,11,13,17H,3,8,10H2,1-2H3. The number of nitrogens with one attached hydrogen (secondary N) is 1. The third-order valence-electron chi connectivity index (χ3n) is 3.46. The molecule has 2 rings (SSSR count). The number of piperazine rings is 1. The van der Waals surface area contributed by atoms with E-state index in [2.05, 4.69) is 24.4 Å². The fraction of sp³-hybridized carbons (Fsp3) is 0.467. The maximum absolute atomic E-state index is 12.4. The Hall–Kier alpha value is -1.86. The van der Waals surface area contributed by atoms with Crippen molar-refractivity contribution in [2.24, 2.45) is 0 Å². The van der Waals surface area contributed by atoms with Gasteiger partial charge in [-0.05, 0) is 25.0 Å². The van der Waals surface area contributed by atoms with Crippen molar-refractivity contribution in [1.29, 1.82) is 5.26 Å². The fourth-order valence-electron chi connectivity index (χ4n) is 2.55. The zero-order valence-corrected chi connectivity index (χ0v) is 11.4. The lowest BCUT2D eigenvalue weighted by Gasteiger charge is -2.37. The van der Waals surface area contributed by atoms with Crippen LogP contribution in [0.2, 0.25) is 0 Å². The molecule has 4 nitrogen and oxygen atoms in total. The summed E-state index contributed by atoms with van der Waals surface area (Å²) in [6.45, 7) is 4.78. The monoisotopic (exact) mass is 257 g/mol. The largest absolute Gasteiger partial charge is 0.309 e. The average molecular weight is 257 g/mol. The molecule has 0 spiro atoms. The topological polar surface area (TPSA) is 56.1 Å². The first-order valence-electron chi connectivity index (χ1n) is 6.69. The van der Waals surface area contributed by atoms with E-state index in [-0.39, 0.29) is 18.4 Å². The molecule has 1 heterocycles. The molecule has 2 atom stereocenters. The highest BCUT2D eigenvalue weighted by Crippen LogP contribution is 2.24. The third-order valence-corrected chi connectivity index (χ3v) is 3.46. The Morgan fingerprint density at radius 3 is 2.89 bits per heavy atom. The Labute approximate surface area is 114 Å². The number of hydrogen-bond acceptors (Lipinski definition) is 3. The number of benzene rings is 1. The Morgan fingerprint density at radius 2 is 2.21 bits per heavy atom. The molecule has 1 saturated heterocycles. The summed E-state index contributed by atoms with van der Waals surface area (Å²) >= 11 is 0. The summed E-state index contributed by atoms with van der Waals surface area (Å²) in [6.07, 6.45) is 1.11. The van der Waals surface area contributed by atoms with E-state index >= 15 is 0 Å². The number of carbonyl (C=O) groups excluding carboxylic acids is 1. The lowest BCUT2D eigenvalue weighted by atomic mass is 10.0. The molecule has 2 unspecified atom stereocenters. The molecule has 1 aromatic rings. The lowest BCUT2D eigenvalue weighted by molar-refractivity contribution is -0.122. The molecule has 0 radical (unpaired) electrons. The first kappa shape index (κ1) is 13.6. The van der Waals surface area contributed by atoms with Crippen LogP contribution in [0.3, 0.4) is 0 Å². The number of carbonyl (C=O) groups is 1. The van der Waals surface area contributed by atoms with Crippen LogP contribution in [-0.4, -0.2) is 24.5 Å². The van der Waals surface area contributed by atoms with Crippen LogP contribution in [-0.2, 0) is 11.2 Å². The SMILES string of the molecule is CCc1ccccc1N1CC(C)NC(CC#N)C1=O. The van der Waals surface area contributed by atoms with E-state index in [1.807, 2.05) is 30.0 Å². The van der Waals surface area contributed by atoms with Crippen molar-refractivity contribution in [2.75, 3.05) is 11.4 Å². The van der Waals surface area contributed by atoms with Crippen molar-refractivity contribution in [1.82, 2.24) is 5.32 Å². The number of rotatable bonds is 3. The van der Waals surface area contributed by atoms with Gasteiger partial charge in [-0.2, -0.15) is 5.26 Å². The molecule has 1 aliphatic heterocycles. The third kappa shape index (κ3) is 2.77. The fourth-order valence-corrected chi connectivity index (χ4v) is 2.55. The molecule has 4 heteroatoms. The van der Waals surface area contributed by atoms with Gasteiger partial charge >= 0.3 is 0 Å². The summed E-state index contributed by atoms with van der Waals surface area (Å²) in [5.74, 6) is 0.000509. The van der Waals surface area contributed by atoms with Crippen LogP contribution >= 0.6 is 0 Å². The Balaban J connectivity index is 2.32. The minimum Gasteiger partial charge on any atom is -0.309 e. The molecule has 19 heavy (non-hydrogen) atoms. The summed E-state index contributed by atoms with van der Waals surface area (Å²) < 4.78 is 0. The molecular formula is C15H19N3O. The highest BCUT2D eigenvalue weighted by Gasteiger charge is 2.33. The van der Waals surface area contributed by atoms with Crippen LogP contribution < -0.4 is 10.2 Å². The molecule has 1 aliphatic rings. The summed E-state index contributed by atoms with van der Waals surface area (Å²) in [7, 11) is 0. The molecule has 1 amide bonds. The van der Waals surface area contributed by atoms with Gasteiger partial charge in [0.15, 0.2) is 0 Å². The van der Waals surface area contributed by atoms with Gasteiger partial charge in [-0.3, -0.25) is 4.79 Å². The maximum Gasteiger partial charge on any atom is 0.245 e. The van der Waals surface area contributed by atoms with Gasteiger partial charge in [0.1, 0.15) is 6.04 Å². The molecule has 0 aliphatic carbocycles. The number of anilines is 1. The highest BCUT2D eigenvalue weighted by molar-refractivity contribution is 5.98. The Morgan fingerprint density at radius 1 is 1.47 bits per heavy atom. The Bertz CT molecular complexity index is 506. The first-order chi connectivity index (χ1) is 9.17. The van der Waals surface area contributed by atoms with Gasteiger partial charge in [-0.15, -0.1) is 0 Å². The van der Waals surface area contributed by atoms with E-state index in [9.17, 15) is 4.79 Å². The minimum atomic E-state index is -0.390. The van der Waals surface area contributed by atoms with E-state index in [1.54, 1.807) is 0 Å². The predicted molar refractivity (Wildman–Crippen MR) is 74.8 cm³/mol. The normalized spacial score (nSPS) is 23.2. The van der Waals surface area contributed by atoms with Crippen LogP contribution in [0, 0.1) is 11.3 Å². The smallest absolute Gasteiger partial charge is 0.245 e. The van der Waals surface area contributed by atoms with Crippen molar-refractivity contribution in [3.05, 3.63) is 29.8 Å². The number of aryl methyl sites for hydroxylation is 1. The van der Waals surface area contributed by atoms with Gasteiger partial charge in [0.05, 0.1) is 12.5 Å². The predicted octanol–water partition coefficient (Wildman–Crippen LogP) is 1.86. The van der Waals surface area contributed by atoms with Crippen molar-refractivity contribution >= 4 is 11.6 Å². The van der Waals surface area contributed by atoms with Crippen molar-refractivity contribution in [3.63, 3.8) is 0 Å². The molecule has 1 fully saturated rings. The van der Waals surface area contributed by atoms with Crippen LogP contribution in [0.1, 0.15) is 25.8 Å². The maximum atomic E-state index is 12.4. The molecule has 1 N–H and O–H groups in total. The quantitative estimate of drug-likeness (QED) is 0.899. The highest BCUT2D eigenvalue weighted by atomic mass is 16.2. The molecule has 0 aromatic heterocycles. The number of nitriles is 1. The van der Waals surface area contributed by atoms with Crippen molar-refractivity contribution in [3.8, 4) is 6.07 Å². The second-order valence-corrected chi connectivity index (χ2v) is 4.91. The first-order valence-corrected chi connectivity index (χ1v) is 6.69. The number of hydrogen-bond donors (Lipinski definition) is 1. The lowest BCUT2D eigenvalue weighted by Crippen LogP contribution is -2.59. The van der Waals surface area contributed by atoms with E-state index in [1.165, 1.54) is 5.56 Å². The van der Waals surface area contributed by atoms with Gasteiger partial charge < -0.3 is 10.2 Å². The minimum absolute atomic E-state index is 0.000509. The van der Waals surface area contributed by atoms with E-state index < -0.39 is 6.04 Å². The van der Waals surface area contributed by atoms with Crippen molar-refractivity contribution < 1.29 is 4.79 Å².